The maximum Gasteiger partial charge on any atom is 0.00669 e. The van der Waals surface area contributed by atoms with E-state index < -0.39 is 0 Å². The molecule has 1 unspecified atom stereocenters. The molecule has 0 saturated carbocycles. The maximum atomic E-state index is 2.67. The molecule has 0 radical (unpaired) electrons. The van der Waals surface area contributed by atoms with E-state index in [9.17, 15) is 0 Å². The third kappa shape index (κ3) is 9.21. The lowest BCUT2D eigenvalue weighted by molar-refractivity contribution is 0.158. The second kappa shape index (κ2) is 15.0. The number of likely N-dealkylation sites (tertiary alicyclic amines) is 1. The van der Waals surface area contributed by atoms with Crippen LogP contribution in [0.25, 0.3) is 0 Å². The average molecular weight is 229 g/mol. The van der Waals surface area contributed by atoms with Crippen molar-refractivity contribution in [2.24, 2.45) is 0 Å². The lowest BCUT2D eigenvalue weighted by Gasteiger charge is -2.33. The molecule has 0 N–H and O–H groups in total. The molecule has 1 heterocycles. The molecule has 0 amide bonds. The Kier molecular flexibility index (Phi) is 17.1. The van der Waals surface area contributed by atoms with Crippen LogP contribution in [0, 0.1) is 0 Å². The standard InChI is InChI=1S/C11H23N.2C2H6/c1-3-4-6-9-12-10-7-5-8-11(12)2;2*1-2/h11H,3-10H2,1-2H3;2*1-2H3. The summed E-state index contributed by atoms with van der Waals surface area (Å²) in [5.74, 6) is 0. The van der Waals surface area contributed by atoms with Crippen LogP contribution in [-0.4, -0.2) is 24.0 Å². The molecule has 1 rings (SSSR count). The zero-order valence-corrected chi connectivity index (χ0v) is 12.7. The maximum absolute atomic E-state index is 2.67. The predicted molar refractivity (Wildman–Crippen MR) is 77.1 cm³/mol. The van der Waals surface area contributed by atoms with E-state index in [4.69, 9.17) is 0 Å². The Hall–Kier alpha value is -0.0400. The molecule has 0 bridgehead atoms. The van der Waals surface area contributed by atoms with Gasteiger partial charge in [0, 0.05) is 6.04 Å². The molecule has 0 aromatic rings. The van der Waals surface area contributed by atoms with Crippen molar-refractivity contribution in [2.75, 3.05) is 13.1 Å². The van der Waals surface area contributed by atoms with E-state index in [1.54, 1.807) is 0 Å². The van der Waals surface area contributed by atoms with Gasteiger partial charge in [0.15, 0.2) is 0 Å². The summed E-state index contributed by atoms with van der Waals surface area (Å²) in [6.07, 6.45) is 8.46. The minimum Gasteiger partial charge on any atom is -0.301 e. The Balaban J connectivity index is 0. The van der Waals surface area contributed by atoms with Crippen molar-refractivity contribution in [1.82, 2.24) is 4.90 Å². The highest BCUT2D eigenvalue weighted by Gasteiger charge is 2.16. The topological polar surface area (TPSA) is 3.24 Å². The Morgan fingerprint density at radius 1 is 1.00 bits per heavy atom. The SMILES string of the molecule is CC.CC.CCCCCN1CCCCC1C. The molecule has 0 spiro atoms. The molecule has 1 aliphatic rings. The fraction of sp³-hybridized carbons (Fsp3) is 1.00. The van der Waals surface area contributed by atoms with Crippen LogP contribution >= 0.6 is 0 Å². The van der Waals surface area contributed by atoms with Crippen molar-refractivity contribution >= 4 is 0 Å². The highest BCUT2D eigenvalue weighted by atomic mass is 15.1. The summed E-state index contributed by atoms with van der Waals surface area (Å²) in [7, 11) is 0. The highest BCUT2D eigenvalue weighted by Crippen LogP contribution is 2.16. The molecule has 1 aliphatic heterocycles. The largest absolute Gasteiger partial charge is 0.301 e. The predicted octanol–water partition coefficient (Wildman–Crippen LogP) is 5.10. The molecule has 1 fully saturated rings. The van der Waals surface area contributed by atoms with E-state index in [1.807, 2.05) is 27.7 Å². The normalized spacial score (nSPS) is 20.2. The smallest absolute Gasteiger partial charge is 0.00669 e. The molecule has 1 nitrogen and oxygen atoms in total. The van der Waals surface area contributed by atoms with Crippen LogP contribution < -0.4 is 0 Å². The summed E-state index contributed by atoms with van der Waals surface area (Å²) in [6, 6.07) is 0.857. The van der Waals surface area contributed by atoms with Gasteiger partial charge in [0.25, 0.3) is 0 Å². The van der Waals surface area contributed by atoms with Gasteiger partial charge < -0.3 is 4.90 Å². The Bertz CT molecular complexity index is 112. The van der Waals surface area contributed by atoms with Crippen molar-refractivity contribution in [3.8, 4) is 0 Å². The quantitative estimate of drug-likeness (QED) is 0.606. The molecule has 1 atom stereocenters. The number of piperidine rings is 1. The van der Waals surface area contributed by atoms with Crippen LogP contribution in [0.4, 0.5) is 0 Å². The first-order valence-electron chi connectivity index (χ1n) is 7.58. The molecule has 0 aliphatic carbocycles. The summed E-state index contributed by atoms with van der Waals surface area (Å²) < 4.78 is 0. The van der Waals surface area contributed by atoms with E-state index in [1.165, 1.54) is 51.6 Å². The van der Waals surface area contributed by atoms with Gasteiger partial charge in [0.2, 0.25) is 0 Å². The van der Waals surface area contributed by atoms with Gasteiger partial charge in [-0.15, -0.1) is 0 Å². The van der Waals surface area contributed by atoms with Gasteiger partial charge in [-0.25, -0.2) is 0 Å². The van der Waals surface area contributed by atoms with E-state index in [0.29, 0.717) is 0 Å². The van der Waals surface area contributed by atoms with Gasteiger partial charge in [-0.2, -0.15) is 0 Å². The lowest BCUT2D eigenvalue weighted by Crippen LogP contribution is -2.37. The molecule has 0 aromatic carbocycles. The fourth-order valence-corrected chi connectivity index (χ4v) is 2.05. The summed E-state index contributed by atoms with van der Waals surface area (Å²) in [5.41, 5.74) is 0. The fourth-order valence-electron chi connectivity index (χ4n) is 2.05. The summed E-state index contributed by atoms with van der Waals surface area (Å²) in [6.45, 7) is 15.4. The molecule has 1 heteroatoms. The number of hydrogen-bond donors (Lipinski definition) is 0. The third-order valence-corrected chi connectivity index (χ3v) is 2.99. The summed E-state index contributed by atoms with van der Waals surface area (Å²) in [4.78, 5) is 2.67. The highest BCUT2D eigenvalue weighted by molar-refractivity contribution is 4.72. The average Bonchev–Trinajstić information content (AvgIpc) is 2.37. The van der Waals surface area contributed by atoms with E-state index in [0.717, 1.165) is 6.04 Å². The van der Waals surface area contributed by atoms with Gasteiger partial charge in [-0.3, -0.25) is 0 Å². The van der Waals surface area contributed by atoms with Crippen molar-refractivity contribution in [2.45, 2.75) is 86.1 Å². The molecule has 100 valence electrons. The summed E-state index contributed by atoms with van der Waals surface area (Å²) in [5, 5.41) is 0. The first-order valence-corrected chi connectivity index (χ1v) is 7.58. The van der Waals surface area contributed by atoms with Gasteiger partial charge >= 0.3 is 0 Å². The number of hydrogen-bond acceptors (Lipinski definition) is 1. The zero-order valence-electron chi connectivity index (χ0n) is 12.7. The van der Waals surface area contributed by atoms with Crippen LogP contribution in [0.15, 0.2) is 0 Å². The second-order valence-electron chi connectivity index (χ2n) is 4.09. The number of unbranched alkanes of at least 4 members (excludes halogenated alkanes) is 2. The monoisotopic (exact) mass is 229 g/mol. The first kappa shape index (κ1) is 18.3. The van der Waals surface area contributed by atoms with Crippen molar-refractivity contribution in [3.63, 3.8) is 0 Å². The molecular formula is C15H35N. The Labute approximate surface area is 105 Å². The molecular weight excluding hydrogens is 194 g/mol. The zero-order chi connectivity index (χ0) is 12.8. The molecule has 1 saturated heterocycles. The van der Waals surface area contributed by atoms with E-state index in [2.05, 4.69) is 18.7 Å². The van der Waals surface area contributed by atoms with E-state index in [-0.39, 0.29) is 0 Å². The number of rotatable bonds is 4. The van der Waals surface area contributed by atoms with Crippen LogP contribution in [0.3, 0.4) is 0 Å². The first-order chi connectivity index (χ1) is 7.84. The Morgan fingerprint density at radius 3 is 2.12 bits per heavy atom. The van der Waals surface area contributed by atoms with Crippen LogP contribution in [0.2, 0.25) is 0 Å². The van der Waals surface area contributed by atoms with Gasteiger partial charge in [-0.05, 0) is 39.3 Å². The van der Waals surface area contributed by atoms with Crippen LogP contribution in [0.5, 0.6) is 0 Å². The minimum absolute atomic E-state index is 0.857. The summed E-state index contributed by atoms with van der Waals surface area (Å²) >= 11 is 0. The van der Waals surface area contributed by atoms with Crippen LogP contribution in [-0.2, 0) is 0 Å². The minimum atomic E-state index is 0.857. The molecule has 16 heavy (non-hydrogen) atoms. The van der Waals surface area contributed by atoms with Gasteiger partial charge in [0.05, 0.1) is 0 Å². The second-order valence-corrected chi connectivity index (χ2v) is 4.09. The third-order valence-electron chi connectivity index (χ3n) is 2.99. The van der Waals surface area contributed by atoms with Gasteiger partial charge in [0.1, 0.15) is 0 Å². The lowest BCUT2D eigenvalue weighted by atomic mass is 10.0. The van der Waals surface area contributed by atoms with Crippen molar-refractivity contribution < 1.29 is 0 Å². The van der Waals surface area contributed by atoms with Gasteiger partial charge in [-0.1, -0.05) is 53.9 Å². The number of nitrogens with zero attached hydrogens (tertiary/aromatic N) is 1. The van der Waals surface area contributed by atoms with Crippen LogP contribution in [0.1, 0.15) is 80.1 Å². The molecule has 0 aromatic heterocycles. The van der Waals surface area contributed by atoms with E-state index >= 15 is 0 Å². The Morgan fingerprint density at radius 2 is 1.62 bits per heavy atom. The van der Waals surface area contributed by atoms with Crippen molar-refractivity contribution in [3.05, 3.63) is 0 Å². The van der Waals surface area contributed by atoms with Crippen molar-refractivity contribution in [1.29, 1.82) is 0 Å².